The smallest absolute Gasteiger partial charge is 0.0236 e. The highest BCUT2D eigenvalue weighted by atomic mass is 15.1. The van der Waals surface area contributed by atoms with Gasteiger partial charge in [0.05, 0.1) is 0 Å². The molecule has 2 heteroatoms. The van der Waals surface area contributed by atoms with Crippen molar-refractivity contribution in [2.75, 3.05) is 19.6 Å². The molecule has 1 aliphatic heterocycles. The van der Waals surface area contributed by atoms with Crippen LogP contribution in [0.3, 0.4) is 0 Å². The molecule has 0 saturated carbocycles. The molecule has 1 aliphatic rings. The quantitative estimate of drug-likeness (QED) is 0.780. The zero-order valence-corrected chi connectivity index (χ0v) is 8.58. The van der Waals surface area contributed by atoms with Gasteiger partial charge in [-0.2, -0.15) is 0 Å². The average molecular weight is 190 g/mol. The van der Waals surface area contributed by atoms with Gasteiger partial charge in [0.1, 0.15) is 0 Å². The number of nitrogens with zero attached hydrogens (tertiary/aromatic N) is 1. The minimum absolute atomic E-state index is 0.804. The van der Waals surface area contributed by atoms with Gasteiger partial charge < -0.3 is 5.73 Å². The molecule has 0 unspecified atom stereocenters. The van der Waals surface area contributed by atoms with E-state index >= 15 is 0 Å². The maximum Gasteiger partial charge on any atom is 0.0236 e. The van der Waals surface area contributed by atoms with Crippen LogP contribution in [0.4, 0.5) is 0 Å². The fourth-order valence-corrected chi connectivity index (χ4v) is 2.06. The average Bonchev–Trinajstić information content (AvgIpc) is 2.26. The first-order valence-electron chi connectivity index (χ1n) is 5.39. The molecule has 0 amide bonds. The molecule has 0 radical (unpaired) electrons. The van der Waals surface area contributed by atoms with E-state index in [0.29, 0.717) is 0 Å². The first-order valence-corrected chi connectivity index (χ1v) is 5.39. The molecule has 0 bridgehead atoms. The lowest BCUT2D eigenvalue weighted by Crippen LogP contribution is -2.32. The van der Waals surface area contributed by atoms with Crippen LogP contribution in [0.1, 0.15) is 17.5 Å². The van der Waals surface area contributed by atoms with Gasteiger partial charge in [0.15, 0.2) is 0 Å². The van der Waals surface area contributed by atoms with Gasteiger partial charge in [0.2, 0.25) is 0 Å². The van der Waals surface area contributed by atoms with Crippen molar-refractivity contribution < 1.29 is 0 Å². The monoisotopic (exact) mass is 190 g/mol. The molecule has 1 aromatic carbocycles. The molecule has 0 spiro atoms. The lowest BCUT2D eigenvalue weighted by molar-refractivity contribution is 0.252. The second-order valence-corrected chi connectivity index (χ2v) is 3.94. The zero-order chi connectivity index (χ0) is 9.80. The van der Waals surface area contributed by atoms with Crippen molar-refractivity contribution in [3.05, 3.63) is 35.4 Å². The Bertz CT molecular complexity index is 296. The second kappa shape index (κ2) is 4.58. The summed E-state index contributed by atoms with van der Waals surface area (Å²) in [7, 11) is 0. The molecule has 2 N–H and O–H groups in total. The first-order chi connectivity index (χ1) is 6.90. The molecule has 1 heterocycles. The Morgan fingerprint density at radius 3 is 2.79 bits per heavy atom. The van der Waals surface area contributed by atoms with Gasteiger partial charge in [-0.05, 0) is 37.1 Å². The summed E-state index contributed by atoms with van der Waals surface area (Å²) in [5.41, 5.74) is 8.53. The molecule has 2 rings (SSSR count). The van der Waals surface area contributed by atoms with E-state index in [-0.39, 0.29) is 0 Å². The van der Waals surface area contributed by atoms with Crippen molar-refractivity contribution in [1.82, 2.24) is 4.90 Å². The lowest BCUT2D eigenvalue weighted by Gasteiger charge is -2.28. The van der Waals surface area contributed by atoms with Gasteiger partial charge >= 0.3 is 0 Å². The summed E-state index contributed by atoms with van der Waals surface area (Å²) in [6.07, 6.45) is 2.31. The molecule has 2 nitrogen and oxygen atoms in total. The number of hydrogen-bond donors (Lipinski definition) is 1. The predicted molar refractivity (Wildman–Crippen MR) is 59.1 cm³/mol. The minimum atomic E-state index is 0.804. The Labute approximate surface area is 85.7 Å². The van der Waals surface area contributed by atoms with Crippen molar-refractivity contribution in [1.29, 1.82) is 0 Å². The van der Waals surface area contributed by atoms with Gasteiger partial charge in [-0.1, -0.05) is 24.3 Å². The van der Waals surface area contributed by atoms with Crippen LogP contribution >= 0.6 is 0 Å². The van der Waals surface area contributed by atoms with Crippen molar-refractivity contribution >= 4 is 0 Å². The number of fused-ring (bicyclic) bond motifs is 1. The van der Waals surface area contributed by atoms with E-state index in [0.717, 1.165) is 26.1 Å². The van der Waals surface area contributed by atoms with E-state index in [2.05, 4.69) is 29.2 Å². The Balaban J connectivity index is 1.99. The van der Waals surface area contributed by atoms with Gasteiger partial charge in [-0.3, -0.25) is 4.90 Å². The van der Waals surface area contributed by atoms with Crippen LogP contribution in [0, 0.1) is 0 Å². The topological polar surface area (TPSA) is 29.3 Å². The highest BCUT2D eigenvalue weighted by molar-refractivity contribution is 5.28. The molecule has 0 aliphatic carbocycles. The Morgan fingerprint density at radius 1 is 1.21 bits per heavy atom. The van der Waals surface area contributed by atoms with Crippen LogP contribution in [-0.2, 0) is 13.0 Å². The van der Waals surface area contributed by atoms with Gasteiger partial charge in [0.25, 0.3) is 0 Å². The molecular weight excluding hydrogens is 172 g/mol. The predicted octanol–water partition coefficient (Wildman–Crippen LogP) is 1.39. The van der Waals surface area contributed by atoms with E-state index in [4.69, 9.17) is 5.73 Å². The Morgan fingerprint density at radius 2 is 2.00 bits per heavy atom. The standard InChI is InChI=1S/C12H18N2/c13-7-3-8-14-9-6-11-4-1-2-5-12(11)10-14/h1-2,4-5H,3,6-10,13H2. The minimum Gasteiger partial charge on any atom is -0.330 e. The third kappa shape index (κ3) is 2.14. The molecule has 76 valence electrons. The third-order valence-electron chi connectivity index (χ3n) is 2.89. The Hall–Kier alpha value is -0.860. The highest BCUT2D eigenvalue weighted by Gasteiger charge is 2.14. The van der Waals surface area contributed by atoms with Crippen LogP contribution in [-0.4, -0.2) is 24.5 Å². The summed E-state index contributed by atoms with van der Waals surface area (Å²) in [4.78, 5) is 2.50. The highest BCUT2D eigenvalue weighted by Crippen LogP contribution is 2.18. The van der Waals surface area contributed by atoms with E-state index in [9.17, 15) is 0 Å². The van der Waals surface area contributed by atoms with Crippen molar-refractivity contribution in [2.24, 2.45) is 5.73 Å². The summed E-state index contributed by atoms with van der Waals surface area (Å²) in [5.74, 6) is 0. The maximum absolute atomic E-state index is 5.51. The lowest BCUT2D eigenvalue weighted by atomic mass is 10.00. The fraction of sp³-hybridized carbons (Fsp3) is 0.500. The number of hydrogen-bond acceptors (Lipinski definition) is 2. The van der Waals surface area contributed by atoms with Crippen LogP contribution in [0.25, 0.3) is 0 Å². The third-order valence-corrected chi connectivity index (χ3v) is 2.89. The van der Waals surface area contributed by atoms with Crippen LogP contribution in [0.2, 0.25) is 0 Å². The first kappa shape index (κ1) is 9.69. The van der Waals surface area contributed by atoms with E-state index in [1.807, 2.05) is 0 Å². The van der Waals surface area contributed by atoms with E-state index in [1.54, 1.807) is 0 Å². The van der Waals surface area contributed by atoms with Gasteiger partial charge in [-0.15, -0.1) is 0 Å². The fourth-order valence-electron chi connectivity index (χ4n) is 2.06. The van der Waals surface area contributed by atoms with Crippen LogP contribution in [0.15, 0.2) is 24.3 Å². The van der Waals surface area contributed by atoms with Gasteiger partial charge in [0, 0.05) is 13.1 Å². The Kier molecular flexibility index (Phi) is 3.17. The number of rotatable bonds is 3. The second-order valence-electron chi connectivity index (χ2n) is 3.94. The molecular formula is C12H18N2. The van der Waals surface area contributed by atoms with Gasteiger partial charge in [-0.25, -0.2) is 0 Å². The number of nitrogens with two attached hydrogens (primary N) is 1. The normalized spacial score (nSPS) is 16.6. The molecule has 0 atom stereocenters. The van der Waals surface area contributed by atoms with Crippen molar-refractivity contribution in [2.45, 2.75) is 19.4 Å². The molecule has 1 aromatic rings. The summed E-state index contributed by atoms with van der Waals surface area (Å²) in [5, 5.41) is 0. The van der Waals surface area contributed by atoms with Crippen molar-refractivity contribution in [3.8, 4) is 0 Å². The maximum atomic E-state index is 5.51. The largest absolute Gasteiger partial charge is 0.330 e. The zero-order valence-electron chi connectivity index (χ0n) is 8.58. The summed E-state index contributed by atoms with van der Waals surface area (Å²) in [6.45, 7) is 4.25. The van der Waals surface area contributed by atoms with Crippen LogP contribution in [0.5, 0.6) is 0 Å². The molecule has 14 heavy (non-hydrogen) atoms. The SMILES string of the molecule is NCCCN1CCc2ccccc2C1. The molecule has 0 fully saturated rings. The number of benzene rings is 1. The summed E-state index contributed by atoms with van der Waals surface area (Å²) in [6, 6.07) is 8.75. The summed E-state index contributed by atoms with van der Waals surface area (Å²) >= 11 is 0. The molecule has 0 saturated heterocycles. The van der Waals surface area contributed by atoms with Crippen LogP contribution < -0.4 is 5.73 Å². The van der Waals surface area contributed by atoms with E-state index in [1.165, 1.54) is 24.1 Å². The van der Waals surface area contributed by atoms with E-state index < -0.39 is 0 Å². The molecule has 0 aromatic heterocycles. The summed E-state index contributed by atoms with van der Waals surface area (Å²) < 4.78 is 0. The van der Waals surface area contributed by atoms with Crippen molar-refractivity contribution in [3.63, 3.8) is 0 Å².